The molecule has 0 unspecified atom stereocenters. The molecule has 0 aliphatic carbocycles. The Kier molecular flexibility index (Phi) is 39.1. The number of carbonyl (C=O) groups is 8. The van der Waals surface area contributed by atoms with Crippen LogP contribution in [-0.2, 0) is 99.9 Å². The van der Waals surface area contributed by atoms with Gasteiger partial charge in [-0.05, 0) is 25.7 Å². The number of carboxylic acid groups (broad SMARTS) is 2. The van der Waals surface area contributed by atoms with Crippen molar-refractivity contribution in [2.75, 3.05) is 65.2 Å². The molecule has 52 heteroatoms. The third-order valence-electron chi connectivity index (χ3n) is 23.3. The summed E-state index contributed by atoms with van der Waals surface area (Å²) < 4.78 is 84.9. The van der Waals surface area contributed by atoms with Crippen molar-refractivity contribution in [1.29, 1.82) is 0 Å². The zero-order valence-corrected chi connectivity index (χ0v) is 70.0. The van der Waals surface area contributed by atoms with E-state index in [1.54, 1.807) is 0 Å². The summed E-state index contributed by atoms with van der Waals surface area (Å²) in [6.45, 7) is -4.76. The fraction of sp³-hybridized carbons (Fsp3) is 0.892. The summed E-state index contributed by atoms with van der Waals surface area (Å²) in [6, 6.07) is -7.82. The lowest BCUT2D eigenvalue weighted by Crippen LogP contribution is -2.73. The standard InChI is InChI=1S/C74H123N7O44S/c1-27(89)76-44-32(93)17-73(70(107)108,122-61(44)48(98)34(95)19-82)124-63-55(105)68(118-57-38(23-86)115-67(54(104)53(57)103)112-16-12-8-6-5-7-11-15-75-42(97)14-10-9-13-41-43-31(26-126-41)80-72(111)81-43)116-40(25-88)59(63)120-66-47(79-30(4)92)60(51(101)37(22-85)114-66)121-69-56(106)64(58(39(24-87)117-69)119-65-46(78-29(3)91)52(102)50(100)36(21-84)113-65)125-74(71(109)110)18-33(94)45(77-28(2)90)62(123-74)49(99)35(96)20-83/h31-41,43-69,82-88,93-96,98-106H,5-26H2,1-4H3,(H,75,97)(H,76,89)(H,77,90)(H,78,91)(H,79,92)(H,107,108)(H,109,110)(H2,80,81,111)/t31-,32-,33-,34+,35+,36+,37+,38+,39+,40+,41-,43-,44+,45+,46+,47+,48+,49+,50-,51-,52+,53+,54+,55+,56+,57+,58-,59-,60+,61+,62+,63+,64+,65-,66-,67+,68-,69-,73-,74-/m0/s1. The number of rotatable bonds is 44. The highest BCUT2D eigenvalue weighted by Crippen LogP contribution is 2.44. The maximum Gasteiger partial charge on any atom is 0.364 e. The first kappa shape index (κ1) is 104. The van der Waals surface area contributed by atoms with Crippen molar-refractivity contribution >= 4 is 59.3 Å². The lowest BCUT2D eigenvalue weighted by atomic mass is 9.88. The number of thioether (sulfide) groups is 1. The molecule has 9 heterocycles. The van der Waals surface area contributed by atoms with Crippen LogP contribution in [-0.4, -0.2) is 468 Å². The highest BCUT2D eigenvalue weighted by molar-refractivity contribution is 8.00. The number of carboxylic acids is 2. The Morgan fingerprint density at radius 3 is 1.35 bits per heavy atom. The van der Waals surface area contributed by atoms with Gasteiger partial charge in [0.05, 0.1) is 82.6 Å². The maximum atomic E-state index is 14.0. The lowest BCUT2D eigenvalue weighted by Gasteiger charge is -2.53. The molecule has 0 spiro atoms. The molecule has 126 heavy (non-hydrogen) atoms. The van der Waals surface area contributed by atoms with E-state index in [-0.39, 0.29) is 30.6 Å². The molecule has 29 N–H and O–H groups in total. The number of fused-ring (bicyclic) bond motifs is 1. The Morgan fingerprint density at radius 1 is 0.452 bits per heavy atom. The Balaban J connectivity index is 0.983. The number of hydrogen-bond acceptors (Lipinski definition) is 43. The van der Waals surface area contributed by atoms with Crippen LogP contribution in [0.5, 0.6) is 0 Å². The van der Waals surface area contributed by atoms with Gasteiger partial charge in [0.15, 0.2) is 31.5 Å². The van der Waals surface area contributed by atoms with Crippen LogP contribution in [0.15, 0.2) is 0 Å². The molecule has 0 aromatic heterocycles. The van der Waals surface area contributed by atoms with Crippen LogP contribution < -0.4 is 37.2 Å². The molecule has 0 aromatic carbocycles. The average Bonchev–Trinajstić information content (AvgIpc) is 0.889. The summed E-state index contributed by atoms with van der Waals surface area (Å²) in [5.74, 6) is -14.7. The Bertz CT molecular complexity index is 3510. The SMILES string of the molecule is CC(=O)N[C@H]1[C@H](O[C@@H]2[C@H](O[C@]3(C(=O)O)C[C@H](O)[C@@H](NC(C)=O)[C@H]([C@H](O)[C@H](O)CO)O3)[C@@H](O)[C@H](O[C@H]3[C@@H](O)[C@@H](CO)O[C@@H](O[C@@H]4[C@H](O[C@]5(C(=O)O)C[C@H](O)[C@@H](NC(C)=O)[C@H]([C@H](O)[C@H](O)CO)O5)[C@@H](O)[C@H](O[C@H]5[C@H](O)[C@@H](O)[C@H](OCCCCCCCCNC(=O)CCCC[C@@H]6SC[C@@H]7NC(=O)N[C@@H]76)O[C@@H]5CO)O[C@@H]4CO)[C@@H]3NC(C)=O)O[C@@H]2CO)O[C@H](CO)[C@H](O)[C@@H]1O. The van der Waals surface area contributed by atoms with Crippen molar-refractivity contribution in [1.82, 2.24) is 37.2 Å². The molecule has 9 saturated heterocycles. The van der Waals surface area contributed by atoms with Crippen LogP contribution in [0.1, 0.15) is 105 Å². The zero-order chi connectivity index (χ0) is 92.7. The number of amides is 7. The summed E-state index contributed by atoms with van der Waals surface area (Å²) >= 11 is 1.81. The second kappa shape index (κ2) is 47.3. The highest BCUT2D eigenvalue weighted by Gasteiger charge is 2.65. The van der Waals surface area contributed by atoms with Gasteiger partial charge in [-0.2, -0.15) is 11.8 Å². The molecule has 0 radical (unpaired) electrons. The second-order valence-electron chi connectivity index (χ2n) is 32.5. The van der Waals surface area contributed by atoms with Gasteiger partial charge in [-0.3, -0.25) is 24.0 Å². The van der Waals surface area contributed by atoms with E-state index in [9.17, 15) is 151 Å². The largest absolute Gasteiger partial charge is 0.477 e. The number of unbranched alkanes of at least 4 members (excludes halogenated alkanes) is 6. The molecule has 9 aliphatic heterocycles. The highest BCUT2D eigenvalue weighted by atomic mass is 32.2. The van der Waals surface area contributed by atoms with Crippen LogP contribution in [0.3, 0.4) is 0 Å². The number of urea groups is 1. The smallest absolute Gasteiger partial charge is 0.364 e. The summed E-state index contributed by atoms with van der Waals surface area (Å²) in [5, 5.41) is 267. The molecule has 9 fully saturated rings. The van der Waals surface area contributed by atoms with E-state index in [4.69, 9.17) is 66.3 Å². The quantitative estimate of drug-likeness (QED) is 0.0199. The first-order chi connectivity index (χ1) is 59.7. The zero-order valence-electron chi connectivity index (χ0n) is 69.2. The summed E-state index contributed by atoms with van der Waals surface area (Å²) in [5.41, 5.74) is 0. The topological polar surface area (TPSA) is 795 Å². The van der Waals surface area contributed by atoms with Crippen molar-refractivity contribution in [2.24, 2.45) is 0 Å². The number of aliphatic hydroxyl groups is 20. The van der Waals surface area contributed by atoms with Crippen LogP contribution in [0, 0.1) is 0 Å². The number of aliphatic hydroxyl groups excluding tert-OH is 20. The number of ether oxygens (including phenoxy) is 14. The predicted octanol–water partition coefficient (Wildman–Crippen LogP) is -14.1. The normalized spacial score (nSPS) is 41.1. The number of hydrogen-bond donors (Lipinski definition) is 29. The summed E-state index contributed by atoms with van der Waals surface area (Å²) in [6.07, 6.45) is -66.4. The third kappa shape index (κ3) is 25.1. The molecule has 7 amide bonds. The van der Waals surface area contributed by atoms with E-state index in [0.29, 0.717) is 43.9 Å². The molecule has 51 nitrogen and oxygen atoms in total. The van der Waals surface area contributed by atoms with Gasteiger partial charge >= 0.3 is 18.0 Å². The minimum absolute atomic E-state index is 0.0554. The molecule has 0 bridgehead atoms. The van der Waals surface area contributed by atoms with Crippen molar-refractivity contribution in [3.63, 3.8) is 0 Å². The molecular weight excluding hydrogens is 1720 g/mol. The number of aliphatic carboxylic acids is 2. The first-order valence-corrected chi connectivity index (χ1v) is 42.6. The Labute approximate surface area is 724 Å². The molecule has 724 valence electrons. The van der Waals surface area contributed by atoms with E-state index in [1.165, 1.54) is 0 Å². The van der Waals surface area contributed by atoms with E-state index in [1.807, 2.05) is 11.8 Å². The molecule has 9 aliphatic rings. The van der Waals surface area contributed by atoms with Gasteiger partial charge in [-0.25, -0.2) is 14.4 Å². The minimum atomic E-state index is -3.52. The molecular formula is C74H123N7O44S. The van der Waals surface area contributed by atoms with Crippen molar-refractivity contribution in [2.45, 2.75) is 348 Å². The van der Waals surface area contributed by atoms with Crippen LogP contribution in [0.2, 0.25) is 0 Å². The van der Waals surface area contributed by atoms with Gasteiger partial charge in [0.2, 0.25) is 29.5 Å². The molecule has 0 saturated carbocycles. The monoisotopic (exact) mass is 1850 g/mol. The van der Waals surface area contributed by atoms with E-state index < -0.39 is 321 Å². The van der Waals surface area contributed by atoms with Gasteiger partial charge in [0.1, 0.15) is 159 Å². The van der Waals surface area contributed by atoms with Crippen LogP contribution >= 0.6 is 11.8 Å². The van der Waals surface area contributed by atoms with Gasteiger partial charge in [0.25, 0.3) is 11.6 Å². The Morgan fingerprint density at radius 2 is 0.873 bits per heavy atom. The fourth-order valence-electron chi connectivity index (χ4n) is 16.9. The first-order valence-electron chi connectivity index (χ1n) is 41.6. The number of nitrogens with one attached hydrogen (secondary N) is 7. The van der Waals surface area contributed by atoms with Gasteiger partial charge in [0, 0.05) is 71.1 Å². The van der Waals surface area contributed by atoms with Crippen LogP contribution in [0.25, 0.3) is 0 Å². The van der Waals surface area contributed by atoms with E-state index in [0.717, 1.165) is 65.6 Å². The van der Waals surface area contributed by atoms with E-state index in [2.05, 4.69) is 37.2 Å². The van der Waals surface area contributed by atoms with Gasteiger partial charge < -0.3 is 216 Å². The third-order valence-corrected chi connectivity index (χ3v) is 24.8. The summed E-state index contributed by atoms with van der Waals surface area (Å²) in [7, 11) is 0. The maximum absolute atomic E-state index is 14.0. The summed E-state index contributed by atoms with van der Waals surface area (Å²) in [4.78, 5) is 104. The van der Waals surface area contributed by atoms with Gasteiger partial charge in [-0.1, -0.05) is 32.1 Å². The Hall–Kier alpha value is -5.45. The minimum Gasteiger partial charge on any atom is -0.477 e. The fourth-order valence-corrected chi connectivity index (χ4v) is 18.4. The van der Waals surface area contributed by atoms with Crippen molar-refractivity contribution in [3.05, 3.63) is 0 Å². The molecule has 9 rings (SSSR count). The lowest BCUT2D eigenvalue weighted by molar-refractivity contribution is -0.408. The van der Waals surface area contributed by atoms with Crippen molar-refractivity contribution < 1.29 is 217 Å². The van der Waals surface area contributed by atoms with Gasteiger partial charge in [-0.15, -0.1) is 0 Å². The average molecular weight is 1850 g/mol. The molecule has 40 atom stereocenters. The second-order valence-corrected chi connectivity index (χ2v) is 33.8. The van der Waals surface area contributed by atoms with E-state index >= 15 is 0 Å². The molecule has 0 aromatic rings. The van der Waals surface area contributed by atoms with Crippen molar-refractivity contribution in [3.8, 4) is 0 Å². The van der Waals surface area contributed by atoms with Crippen LogP contribution in [0.4, 0.5) is 4.79 Å². The number of carbonyl (C=O) groups excluding carboxylic acids is 6. The predicted molar refractivity (Wildman–Crippen MR) is 411 cm³/mol.